The normalized spacial score (nSPS) is 19.3. The van der Waals surface area contributed by atoms with Crippen LogP contribution in [0.4, 0.5) is 0 Å². The Bertz CT molecular complexity index is 246. The standard InChI is InChI=1S/C11H21N3O2/c1-8(9(2)12)11(16)13-7-10(15)14-5-3-4-6-14/h8-9H,3-7,12H2,1-2H3,(H,13,16). The fourth-order valence-corrected chi connectivity index (χ4v) is 1.64. The smallest absolute Gasteiger partial charge is 0.241 e. The maximum absolute atomic E-state index is 11.6. The topological polar surface area (TPSA) is 75.4 Å². The van der Waals surface area contributed by atoms with Crippen molar-refractivity contribution in [2.45, 2.75) is 32.7 Å². The lowest BCUT2D eigenvalue weighted by Crippen LogP contribution is -2.43. The highest BCUT2D eigenvalue weighted by molar-refractivity contribution is 5.86. The number of hydrogen-bond acceptors (Lipinski definition) is 3. The molecule has 5 heteroatoms. The summed E-state index contributed by atoms with van der Waals surface area (Å²) in [5, 5.41) is 2.63. The number of nitrogens with one attached hydrogen (secondary N) is 1. The van der Waals surface area contributed by atoms with Gasteiger partial charge in [0.15, 0.2) is 0 Å². The van der Waals surface area contributed by atoms with Crippen LogP contribution in [0.5, 0.6) is 0 Å². The molecule has 1 rings (SSSR count). The van der Waals surface area contributed by atoms with Gasteiger partial charge in [-0.25, -0.2) is 0 Å². The molecule has 2 amide bonds. The minimum Gasteiger partial charge on any atom is -0.347 e. The van der Waals surface area contributed by atoms with Crippen LogP contribution in [-0.2, 0) is 9.59 Å². The van der Waals surface area contributed by atoms with E-state index in [9.17, 15) is 9.59 Å². The van der Waals surface area contributed by atoms with E-state index < -0.39 is 0 Å². The third-order valence-electron chi connectivity index (χ3n) is 3.07. The number of amides is 2. The molecule has 16 heavy (non-hydrogen) atoms. The Balaban J connectivity index is 2.28. The van der Waals surface area contributed by atoms with Crippen LogP contribution in [-0.4, -0.2) is 42.4 Å². The van der Waals surface area contributed by atoms with Crippen molar-refractivity contribution in [3.8, 4) is 0 Å². The van der Waals surface area contributed by atoms with Crippen LogP contribution in [0.3, 0.4) is 0 Å². The van der Waals surface area contributed by atoms with Crippen molar-refractivity contribution in [3.05, 3.63) is 0 Å². The molecule has 3 N–H and O–H groups in total. The van der Waals surface area contributed by atoms with E-state index in [-0.39, 0.29) is 30.3 Å². The molecule has 0 spiro atoms. The van der Waals surface area contributed by atoms with Crippen LogP contribution in [0.1, 0.15) is 26.7 Å². The minimum atomic E-state index is -0.258. The second kappa shape index (κ2) is 5.84. The quantitative estimate of drug-likeness (QED) is 0.693. The molecule has 1 heterocycles. The first-order valence-electron chi connectivity index (χ1n) is 5.83. The first-order valence-corrected chi connectivity index (χ1v) is 5.83. The lowest BCUT2D eigenvalue weighted by molar-refractivity contribution is -0.133. The van der Waals surface area contributed by atoms with E-state index in [1.807, 2.05) is 0 Å². The third-order valence-corrected chi connectivity index (χ3v) is 3.07. The summed E-state index contributed by atoms with van der Waals surface area (Å²) in [5.41, 5.74) is 5.61. The highest BCUT2D eigenvalue weighted by Gasteiger charge is 2.21. The molecule has 0 bridgehead atoms. The summed E-state index contributed by atoms with van der Waals surface area (Å²) in [7, 11) is 0. The molecule has 5 nitrogen and oxygen atoms in total. The van der Waals surface area contributed by atoms with E-state index in [1.54, 1.807) is 18.7 Å². The van der Waals surface area contributed by atoms with Gasteiger partial charge < -0.3 is 16.0 Å². The molecule has 92 valence electrons. The second-order valence-electron chi connectivity index (χ2n) is 4.45. The van der Waals surface area contributed by atoms with Crippen molar-refractivity contribution in [1.82, 2.24) is 10.2 Å². The number of carbonyl (C=O) groups is 2. The molecule has 0 aromatic rings. The highest BCUT2D eigenvalue weighted by atomic mass is 16.2. The summed E-state index contributed by atoms with van der Waals surface area (Å²) in [6.07, 6.45) is 2.13. The zero-order chi connectivity index (χ0) is 12.1. The zero-order valence-electron chi connectivity index (χ0n) is 10.0. The SMILES string of the molecule is CC(N)C(C)C(=O)NCC(=O)N1CCCC1. The highest BCUT2D eigenvalue weighted by Crippen LogP contribution is 2.07. The summed E-state index contributed by atoms with van der Waals surface area (Å²) >= 11 is 0. The summed E-state index contributed by atoms with van der Waals surface area (Å²) in [4.78, 5) is 25.0. The van der Waals surface area contributed by atoms with Crippen molar-refractivity contribution in [3.63, 3.8) is 0 Å². The molecule has 2 atom stereocenters. The Labute approximate surface area is 96.4 Å². The minimum absolute atomic E-state index is 0.00252. The number of hydrogen-bond donors (Lipinski definition) is 2. The first-order chi connectivity index (χ1) is 7.52. The van der Waals surface area contributed by atoms with Crippen molar-refractivity contribution >= 4 is 11.8 Å². The molecular formula is C11H21N3O2. The zero-order valence-corrected chi connectivity index (χ0v) is 10.0. The largest absolute Gasteiger partial charge is 0.347 e. The average molecular weight is 227 g/mol. The van der Waals surface area contributed by atoms with Gasteiger partial charge in [-0.1, -0.05) is 6.92 Å². The van der Waals surface area contributed by atoms with E-state index in [0.717, 1.165) is 25.9 Å². The van der Waals surface area contributed by atoms with Crippen LogP contribution in [0.25, 0.3) is 0 Å². The molecule has 0 radical (unpaired) electrons. The molecular weight excluding hydrogens is 206 g/mol. The van der Waals surface area contributed by atoms with Gasteiger partial charge in [-0.15, -0.1) is 0 Å². The maximum Gasteiger partial charge on any atom is 0.241 e. The van der Waals surface area contributed by atoms with Crippen molar-refractivity contribution < 1.29 is 9.59 Å². The van der Waals surface area contributed by atoms with E-state index in [1.165, 1.54) is 0 Å². The molecule has 1 aliphatic heterocycles. The Hall–Kier alpha value is -1.10. The predicted octanol–water partition coefficient (Wildman–Crippen LogP) is -0.292. The molecule has 1 aliphatic rings. The number of carbonyl (C=O) groups excluding carboxylic acids is 2. The molecule has 0 aromatic heterocycles. The summed E-state index contributed by atoms with van der Waals surface area (Å²) in [6, 6.07) is -0.193. The van der Waals surface area contributed by atoms with Crippen molar-refractivity contribution in [2.24, 2.45) is 11.7 Å². The second-order valence-corrected chi connectivity index (χ2v) is 4.45. The predicted molar refractivity (Wildman–Crippen MR) is 61.6 cm³/mol. The van der Waals surface area contributed by atoms with Gasteiger partial charge in [0.2, 0.25) is 11.8 Å². The van der Waals surface area contributed by atoms with Gasteiger partial charge in [0, 0.05) is 25.0 Å². The molecule has 2 unspecified atom stereocenters. The molecule has 0 aromatic carbocycles. The van der Waals surface area contributed by atoms with Gasteiger partial charge in [-0.3, -0.25) is 9.59 Å². The number of nitrogens with two attached hydrogens (primary N) is 1. The molecule has 0 aliphatic carbocycles. The number of rotatable bonds is 4. The number of likely N-dealkylation sites (tertiary alicyclic amines) is 1. The maximum atomic E-state index is 11.6. The lowest BCUT2D eigenvalue weighted by Gasteiger charge is -2.18. The monoisotopic (exact) mass is 227 g/mol. The Morgan fingerprint density at radius 1 is 1.31 bits per heavy atom. The third kappa shape index (κ3) is 3.48. The van der Waals surface area contributed by atoms with Crippen molar-refractivity contribution in [1.29, 1.82) is 0 Å². The van der Waals surface area contributed by atoms with E-state index in [0.29, 0.717) is 0 Å². The number of nitrogens with zero attached hydrogens (tertiary/aromatic N) is 1. The summed E-state index contributed by atoms with van der Waals surface area (Å²) in [5.74, 6) is -0.406. The Morgan fingerprint density at radius 3 is 2.38 bits per heavy atom. The van der Waals surface area contributed by atoms with E-state index in [4.69, 9.17) is 5.73 Å². The fourth-order valence-electron chi connectivity index (χ4n) is 1.64. The van der Waals surface area contributed by atoms with Gasteiger partial charge in [0.05, 0.1) is 6.54 Å². The van der Waals surface area contributed by atoms with Crippen LogP contribution in [0.15, 0.2) is 0 Å². The summed E-state index contributed by atoms with van der Waals surface area (Å²) in [6.45, 7) is 5.28. The van der Waals surface area contributed by atoms with E-state index in [2.05, 4.69) is 5.32 Å². The van der Waals surface area contributed by atoms with Gasteiger partial charge in [0.1, 0.15) is 0 Å². The van der Waals surface area contributed by atoms with Gasteiger partial charge in [-0.2, -0.15) is 0 Å². The Kier molecular flexibility index (Phi) is 4.73. The fraction of sp³-hybridized carbons (Fsp3) is 0.818. The van der Waals surface area contributed by atoms with Crippen molar-refractivity contribution in [2.75, 3.05) is 19.6 Å². The molecule has 0 saturated carbocycles. The van der Waals surface area contributed by atoms with Gasteiger partial charge in [-0.05, 0) is 19.8 Å². The molecule has 1 saturated heterocycles. The summed E-state index contributed by atoms with van der Waals surface area (Å²) < 4.78 is 0. The van der Waals surface area contributed by atoms with E-state index >= 15 is 0 Å². The average Bonchev–Trinajstić information content (AvgIpc) is 2.77. The van der Waals surface area contributed by atoms with Crippen LogP contribution >= 0.6 is 0 Å². The van der Waals surface area contributed by atoms with Gasteiger partial charge in [0.25, 0.3) is 0 Å². The van der Waals surface area contributed by atoms with Crippen LogP contribution < -0.4 is 11.1 Å². The lowest BCUT2D eigenvalue weighted by atomic mass is 10.0. The molecule has 1 fully saturated rings. The Morgan fingerprint density at radius 2 is 1.88 bits per heavy atom. The van der Waals surface area contributed by atoms with Crippen LogP contribution in [0, 0.1) is 5.92 Å². The van der Waals surface area contributed by atoms with Gasteiger partial charge >= 0.3 is 0 Å². The van der Waals surface area contributed by atoms with Crippen LogP contribution in [0.2, 0.25) is 0 Å². The first kappa shape index (κ1) is 13.0.